The average Bonchev–Trinajstić information content (AvgIpc) is 2.40. The standard InChI is InChI=1S/C14H16F2N4/c1-8(2)5-10-7-13(20-17)19-14(18-10)9-3-4-11(15)12(16)6-9/h3-4,6-8H,5,17H2,1-2H3,(H,18,19,20). The first kappa shape index (κ1) is 14.3. The van der Waals surface area contributed by atoms with E-state index in [0.717, 1.165) is 24.2 Å². The molecule has 0 aliphatic rings. The second kappa shape index (κ2) is 5.92. The normalized spacial score (nSPS) is 10.9. The number of hydrazine groups is 1. The van der Waals surface area contributed by atoms with Crippen LogP contribution in [0.5, 0.6) is 0 Å². The van der Waals surface area contributed by atoms with Crippen LogP contribution in [0.15, 0.2) is 24.3 Å². The minimum absolute atomic E-state index is 0.315. The van der Waals surface area contributed by atoms with E-state index in [0.29, 0.717) is 23.1 Å². The van der Waals surface area contributed by atoms with Crippen molar-refractivity contribution in [2.24, 2.45) is 11.8 Å². The number of nitrogens with one attached hydrogen (secondary N) is 1. The van der Waals surface area contributed by atoms with Gasteiger partial charge in [0, 0.05) is 17.3 Å². The van der Waals surface area contributed by atoms with Crippen LogP contribution in [-0.4, -0.2) is 9.97 Å². The zero-order valence-electron chi connectivity index (χ0n) is 11.3. The van der Waals surface area contributed by atoms with Gasteiger partial charge in [-0.05, 0) is 30.5 Å². The van der Waals surface area contributed by atoms with Crippen LogP contribution in [0.1, 0.15) is 19.5 Å². The maximum absolute atomic E-state index is 13.3. The molecule has 2 rings (SSSR count). The molecule has 1 heterocycles. The molecule has 0 unspecified atom stereocenters. The van der Waals surface area contributed by atoms with E-state index in [1.54, 1.807) is 6.07 Å². The Morgan fingerprint density at radius 2 is 1.90 bits per heavy atom. The molecule has 106 valence electrons. The number of nitrogens with two attached hydrogens (primary N) is 1. The molecule has 1 aromatic carbocycles. The summed E-state index contributed by atoms with van der Waals surface area (Å²) in [5, 5.41) is 0. The quantitative estimate of drug-likeness (QED) is 0.666. The van der Waals surface area contributed by atoms with Gasteiger partial charge in [-0.25, -0.2) is 24.6 Å². The van der Waals surface area contributed by atoms with Crippen LogP contribution in [0, 0.1) is 17.6 Å². The van der Waals surface area contributed by atoms with Crippen molar-refractivity contribution in [1.29, 1.82) is 0 Å². The van der Waals surface area contributed by atoms with Crippen molar-refractivity contribution in [3.8, 4) is 11.4 Å². The fourth-order valence-corrected chi connectivity index (χ4v) is 1.86. The van der Waals surface area contributed by atoms with Crippen LogP contribution >= 0.6 is 0 Å². The topological polar surface area (TPSA) is 63.8 Å². The summed E-state index contributed by atoms with van der Waals surface area (Å²) in [5.41, 5.74) is 3.66. The molecule has 0 bridgehead atoms. The third-order valence-electron chi connectivity index (χ3n) is 2.72. The molecular formula is C14H16F2N4. The minimum atomic E-state index is -0.928. The molecule has 0 fully saturated rings. The molecule has 0 radical (unpaired) electrons. The Morgan fingerprint density at radius 3 is 2.50 bits per heavy atom. The first-order valence-electron chi connectivity index (χ1n) is 6.29. The molecule has 20 heavy (non-hydrogen) atoms. The number of rotatable bonds is 4. The van der Waals surface area contributed by atoms with Crippen molar-refractivity contribution >= 4 is 5.82 Å². The molecule has 0 aliphatic heterocycles. The highest BCUT2D eigenvalue weighted by atomic mass is 19.2. The number of benzene rings is 1. The summed E-state index contributed by atoms with van der Waals surface area (Å²) in [4.78, 5) is 8.53. The largest absolute Gasteiger partial charge is 0.308 e. The summed E-state index contributed by atoms with van der Waals surface area (Å²) in [6.45, 7) is 4.13. The number of hydrogen-bond donors (Lipinski definition) is 2. The van der Waals surface area contributed by atoms with Crippen LogP contribution in [0.25, 0.3) is 11.4 Å². The van der Waals surface area contributed by atoms with Crippen molar-refractivity contribution in [2.75, 3.05) is 5.43 Å². The van der Waals surface area contributed by atoms with Gasteiger partial charge in [-0.15, -0.1) is 0 Å². The zero-order valence-corrected chi connectivity index (χ0v) is 11.3. The molecule has 4 nitrogen and oxygen atoms in total. The van der Waals surface area contributed by atoms with E-state index >= 15 is 0 Å². The van der Waals surface area contributed by atoms with Gasteiger partial charge in [0.05, 0.1) is 0 Å². The van der Waals surface area contributed by atoms with Gasteiger partial charge < -0.3 is 5.43 Å². The first-order valence-corrected chi connectivity index (χ1v) is 6.29. The molecular weight excluding hydrogens is 262 g/mol. The Bertz CT molecular complexity index is 614. The lowest BCUT2D eigenvalue weighted by molar-refractivity contribution is 0.509. The van der Waals surface area contributed by atoms with E-state index in [4.69, 9.17) is 5.84 Å². The van der Waals surface area contributed by atoms with Gasteiger partial charge in [0.2, 0.25) is 0 Å². The molecule has 0 saturated carbocycles. The molecule has 6 heteroatoms. The minimum Gasteiger partial charge on any atom is -0.308 e. The number of nitrogens with zero attached hydrogens (tertiary/aromatic N) is 2. The fourth-order valence-electron chi connectivity index (χ4n) is 1.86. The van der Waals surface area contributed by atoms with Crippen molar-refractivity contribution in [3.63, 3.8) is 0 Å². The highest BCUT2D eigenvalue weighted by molar-refractivity contribution is 5.57. The van der Waals surface area contributed by atoms with Crippen LogP contribution in [0.4, 0.5) is 14.6 Å². The van der Waals surface area contributed by atoms with Crippen LogP contribution < -0.4 is 11.3 Å². The van der Waals surface area contributed by atoms with Gasteiger partial charge in [0.25, 0.3) is 0 Å². The second-order valence-corrected chi connectivity index (χ2v) is 4.94. The van der Waals surface area contributed by atoms with Crippen LogP contribution in [0.2, 0.25) is 0 Å². The summed E-state index contributed by atoms with van der Waals surface area (Å²) in [7, 11) is 0. The van der Waals surface area contributed by atoms with Gasteiger partial charge in [0.15, 0.2) is 17.5 Å². The summed E-state index contributed by atoms with van der Waals surface area (Å²) in [6, 6.07) is 5.30. The average molecular weight is 278 g/mol. The number of halogens is 2. The summed E-state index contributed by atoms with van der Waals surface area (Å²) in [5.74, 6) is 4.71. The first-order chi connectivity index (χ1) is 9.49. The SMILES string of the molecule is CC(C)Cc1cc(NN)nc(-c2ccc(F)c(F)c2)n1. The zero-order chi connectivity index (χ0) is 14.7. The fraction of sp³-hybridized carbons (Fsp3) is 0.286. The Morgan fingerprint density at radius 1 is 1.15 bits per heavy atom. The molecule has 3 N–H and O–H groups in total. The van der Waals surface area contributed by atoms with Crippen molar-refractivity contribution < 1.29 is 8.78 Å². The Labute approximate surface area is 116 Å². The van der Waals surface area contributed by atoms with Crippen molar-refractivity contribution in [3.05, 3.63) is 41.6 Å². The maximum Gasteiger partial charge on any atom is 0.161 e. The Balaban J connectivity index is 2.46. The Hall–Kier alpha value is -2.08. The Kier molecular flexibility index (Phi) is 4.24. The lowest BCUT2D eigenvalue weighted by Gasteiger charge is -2.09. The second-order valence-electron chi connectivity index (χ2n) is 4.94. The van der Waals surface area contributed by atoms with E-state index in [2.05, 4.69) is 29.2 Å². The molecule has 2 aromatic rings. The summed E-state index contributed by atoms with van der Waals surface area (Å²) >= 11 is 0. The van der Waals surface area contributed by atoms with E-state index < -0.39 is 11.6 Å². The van der Waals surface area contributed by atoms with Gasteiger partial charge in [-0.3, -0.25) is 0 Å². The number of nitrogen functional groups attached to an aromatic ring is 1. The van der Waals surface area contributed by atoms with E-state index in [1.807, 2.05) is 0 Å². The van der Waals surface area contributed by atoms with Crippen molar-refractivity contribution in [1.82, 2.24) is 9.97 Å². The predicted molar refractivity (Wildman–Crippen MR) is 73.7 cm³/mol. The summed E-state index contributed by atoms with van der Waals surface area (Å²) < 4.78 is 26.3. The maximum atomic E-state index is 13.3. The van der Waals surface area contributed by atoms with Gasteiger partial charge >= 0.3 is 0 Å². The van der Waals surface area contributed by atoms with Crippen LogP contribution in [-0.2, 0) is 6.42 Å². The molecule has 0 saturated heterocycles. The predicted octanol–water partition coefficient (Wildman–Crippen LogP) is 2.91. The van der Waals surface area contributed by atoms with Gasteiger partial charge in [0.1, 0.15) is 5.82 Å². The molecule has 1 aromatic heterocycles. The lowest BCUT2D eigenvalue weighted by atomic mass is 10.1. The molecule has 0 aliphatic carbocycles. The van der Waals surface area contributed by atoms with Gasteiger partial charge in [-0.2, -0.15) is 0 Å². The summed E-state index contributed by atoms with van der Waals surface area (Å²) in [6.07, 6.45) is 0.744. The number of hydrogen-bond acceptors (Lipinski definition) is 4. The van der Waals surface area contributed by atoms with Crippen LogP contribution in [0.3, 0.4) is 0 Å². The van der Waals surface area contributed by atoms with E-state index in [9.17, 15) is 8.78 Å². The van der Waals surface area contributed by atoms with Crippen molar-refractivity contribution in [2.45, 2.75) is 20.3 Å². The van der Waals surface area contributed by atoms with Gasteiger partial charge in [-0.1, -0.05) is 13.8 Å². The molecule has 0 amide bonds. The molecule has 0 spiro atoms. The number of anilines is 1. The third kappa shape index (κ3) is 3.27. The van der Waals surface area contributed by atoms with E-state index in [1.165, 1.54) is 6.07 Å². The smallest absolute Gasteiger partial charge is 0.161 e. The highest BCUT2D eigenvalue weighted by Crippen LogP contribution is 2.21. The van der Waals surface area contributed by atoms with E-state index in [-0.39, 0.29) is 0 Å². The number of aromatic nitrogens is 2. The highest BCUT2D eigenvalue weighted by Gasteiger charge is 2.10. The monoisotopic (exact) mass is 278 g/mol. The molecule has 0 atom stereocenters. The lowest BCUT2D eigenvalue weighted by Crippen LogP contribution is -2.11. The third-order valence-corrected chi connectivity index (χ3v) is 2.72.